The SMILES string of the molecule is CCNC(=O)NC1Nc2c(cc(-c3cnc(C(C)(C)O)nc3)c(F)c2C2CCCO2)N1C. The van der Waals surface area contributed by atoms with Gasteiger partial charge in [-0.1, -0.05) is 0 Å². The van der Waals surface area contributed by atoms with Crippen molar-refractivity contribution in [2.24, 2.45) is 0 Å². The lowest BCUT2D eigenvalue weighted by Crippen LogP contribution is -2.51. The summed E-state index contributed by atoms with van der Waals surface area (Å²) in [4.78, 5) is 22.4. The summed E-state index contributed by atoms with van der Waals surface area (Å²) in [6.07, 6.45) is 3.66. The van der Waals surface area contributed by atoms with Gasteiger partial charge in [0, 0.05) is 49.3 Å². The Morgan fingerprint density at radius 2 is 2.12 bits per heavy atom. The summed E-state index contributed by atoms with van der Waals surface area (Å²) in [5, 5.41) is 18.9. The van der Waals surface area contributed by atoms with E-state index < -0.39 is 17.7 Å². The van der Waals surface area contributed by atoms with Crippen LogP contribution in [0.3, 0.4) is 0 Å². The lowest BCUT2D eigenvalue weighted by atomic mass is 9.96. The van der Waals surface area contributed by atoms with E-state index in [1.807, 2.05) is 18.9 Å². The molecule has 2 aromatic rings. The Labute approximate surface area is 186 Å². The van der Waals surface area contributed by atoms with Gasteiger partial charge in [0.2, 0.25) is 0 Å². The van der Waals surface area contributed by atoms with Gasteiger partial charge in [0.05, 0.1) is 17.5 Å². The van der Waals surface area contributed by atoms with Gasteiger partial charge in [-0.2, -0.15) is 0 Å². The van der Waals surface area contributed by atoms with Crippen molar-refractivity contribution in [3.05, 3.63) is 35.7 Å². The molecule has 32 heavy (non-hydrogen) atoms. The molecule has 1 saturated heterocycles. The van der Waals surface area contributed by atoms with Gasteiger partial charge in [-0.3, -0.25) is 0 Å². The Morgan fingerprint density at radius 1 is 1.41 bits per heavy atom. The number of amides is 2. The van der Waals surface area contributed by atoms with Gasteiger partial charge >= 0.3 is 6.03 Å². The fraction of sp³-hybridized carbons (Fsp3) is 0.500. The van der Waals surface area contributed by atoms with Gasteiger partial charge in [0.1, 0.15) is 11.4 Å². The van der Waals surface area contributed by atoms with Crippen LogP contribution in [-0.2, 0) is 10.3 Å². The Balaban J connectivity index is 1.77. The molecule has 10 heteroatoms. The quantitative estimate of drug-likeness (QED) is 0.561. The molecule has 0 saturated carbocycles. The van der Waals surface area contributed by atoms with Gasteiger partial charge in [0.15, 0.2) is 12.1 Å². The lowest BCUT2D eigenvalue weighted by Gasteiger charge is -2.23. The second kappa shape index (κ2) is 8.51. The monoisotopic (exact) mass is 444 g/mol. The first-order valence-electron chi connectivity index (χ1n) is 10.8. The van der Waals surface area contributed by atoms with Crippen molar-refractivity contribution in [2.75, 3.05) is 30.4 Å². The molecule has 0 radical (unpaired) electrons. The van der Waals surface area contributed by atoms with Gasteiger partial charge < -0.3 is 30.7 Å². The van der Waals surface area contributed by atoms with Crippen LogP contribution in [0.1, 0.15) is 51.1 Å². The summed E-state index contributed by atoms with van der Waals surface area (Å²) in [5.74, 6) is -0.151. The zero-order valence-electron chi connectivity index (χ0n) is 18.7. The smallest absolute Gasteiger partial charge is 0.317 e. The maximum absolute atomic E-state index is 15.9. The number of carbonyl (C=O) groups excluding carboxylic acids is 1. The molecule has 1 fully saturated rings. The summed E-state index contributed by atoms with van der Waals surface area (Å²) in [7, 11) is 1.82. The second-order valence-electron chi connectivity index (χ2n) is 8.56. The number of rotatable bonds is 5. The Bertz CT molecular complexity index is 1000. The third kappa shape index (κ3) is 4.07. The highest BCUT2D eigenvalue weighted by Crippen LogP contribution is 2.47. The number of hydrogen-bond acceptors (Lipinski definition) is 7. The molecule has 4 rings (SSSR count). The average Bonchev–Trinajstić information content (AvgIpc) is 3.36. The number of carbonyl (C=O) groups is 1. The van der Waals surface area contributed by atoms with E-state index in [1.165, 1.54) is 12.4 Å². The summed E-state index contributed by atoms with van der Waals surface area (Å²) in [6.45, 7) is 6.09. The van der Waals surface area contributed by atoms with Gasteiger partial charge in [0.25, 0.3) is 0 Å². The molecular weight excluding hydrogens is 415 g/mol. The maximum atomic E-state index is 15.9. The predicted molar refractivity (Wildman–Crippen MR) is 119 cm³/mol. The number of halogens is 1. The molecular formula is C22H29FN6O3. The topological polar surface area (TPSA) is 112 Å². The molecule has 2 unspecified atom stereocenters. The molecule has 3 heterocycles. The number of nitrogens with one attached hydrogen (secondary N) is 3. The number of hydrogen-bond donors (Lipinski definition) is 4. The van der Waals surface area contributed by atoms with E-state index in [0.29, 0.717) is 42.0 Å². The minimum absolute atomic E-state index is 0.257. The van der Waals surface area contributed by atoms with E-state index in [9.17, 15) is 9.90 Å². The Morgan fingerprint density at radius 3 is 2.72 bits per heavy atom. The van der Waals surface area contributed by atoms with Gasteiger partial charge in [-0.05, 0) is 39.7 Å². The number of nitrogens with zero attached hydrogens (tertiary/aromatic N) is 3. The maximum Gasteiger partial charge on any atom is 0.317 e. The average molecular weight is 445 g/mol. The van der Waals surface area contributed by atoms with Crippen molar-refractivity contribution in [1.82, 2.24) is 20.6 Å². The third-order valence-corrected chi connectivity index (χ3v) is 5.69. The van der Waals surface area contributed by atoms with Crippen LogP contribution >= 0.6 is 0 Å². The van der Waals surface area contributed by atoms with Crippen molar-refractivity contribution >= 4 is 17.4 Å². The van der Waals surface area contributed by atoms with Crippen LogP contribution in [0.4, 0.5) is 20.6 Å². The number of benzene rings is 1. The molecule has 1 aromatic carbocycles. The summed E-state index contributed by atoms with van der Waals surface area (Å²) < 4.78 is 21.7. The molecule has 2 atom stereocenters. The molecule has 2 amide bonds. The van der Waals surface area contributed by atoms with Crippen molar-refractivity contribution < 1.29 is 19.0 Å². The van der Waals surface area contributed by atoms with Crippen molar-refractivity contribution in [2.45, 2.75) is 51.6 Å². The predicted octanol–water partition coefficient (Wildman–Crippen LogP) is 2.83. The molecule has 9 nitrogen and oxygen atoms in total. The molecule has 0 spiro atoms. The zero-order valence-corrected chi connectivity index (χ0v) is 18.7. The van der Waals surface area contributed by atoms with Crippen LogP contribution in [0, 0.1) is 5.82 Å². The van der Waals surface area contributed by atoms with E-state index in [0.717, 1.165) is 12.1 Å². The Kier molecular flexibility index (Phi) is 5.91. The van der Waals surface area contributed by atoms with E-state index in [4.69, 9.17) is 4.74 Å². The zero-order chi connectivity index (χ0) is 23.0. The van der Waals surface area contributed by atoms with Crippen molar-refractivity contribution in [3.8, 4) is 11.1 Å². The summed E-state index contributed by atoms with van der Waals surface area (Å²) >= 11 is 0. The van der Waals surface area contributed by atoms with Crippen molar-refractivity contribution in [1.29, 1.82) is 0 Å². The summed E-state index contributed by atoms with van der Waals surface area (Å²) in [6, 6.07) is 1.40. The number of urea groups is 1. The van der Waals surface area contributed by atoms with E-state index in [1.54, 1.807) is 19.9 Å². The van der Waals surface area contributed by atoms with E-state index in [-0.39, 0.29) is 18.0 Å². The highest BCUT2D eigenvalue weighted by molar-refractivity contribution is 5.86. The fourth-order valence-corrected chi connectivity index (χ4v) is 4.04. The first-order valence-corrected chi connectivity index (χ1v) is 10.8. The van der Waals surface area contributed by atoms with E-state index in [2.05, 4.69) is 25.9 Å². The highest BCUT2D eigenvalue weighted by atomic mass is 19.1. The number of ether oxygens (including phenoxy) is 1. The number of fused-ring (bicyclic) bond motifs is 1. The van der Waals surface area contributed by atoms with Crippen molar-refractivity contribution in [3.63, 3.8) is 0 Å². The van der Waals surface area contributed by atoms with Crippen LogP contribution < -0.4 is 20.9 Å². The lowest BCUT2D eigenvalue weighted by molar-refractivity contribution is 0.0687. The van der Waals surface area contributed by atoms with Crippen LogP contribution in [0.25, 0.3) is 11.1 Å². The summed E-state index contributed by atoms with van der Waals surface area (Å²) in [5.41, 5.74) is 1.42. The largest absolute Gasteiger partial charge is 0.382 e. The molecule has 0 aliphatic carbocycles. The normalized spacial score (nSPS) is 20.1. The third-order valence-electron chi connectivity index (χ3n) is 5.69. The first-order chi connectivity index (χ1) is 15.2. The molecule has 0 bridgehead atoms. The first kappa shape index (κ1) is 22.2. The fourth-order valence-electron chi connectivity index (χ4n) is 4.04. The molecule has 172 valence electrons. The molecule has 2 aliphatic rings. The number of aliphatic hydroxyl groups is 1. The molecule has 1 aromatic heterocycles. The minimum atomic E-state index is -1.19. The molecule has 2 aliphatic heterocycles. The minimum Gasteiger partial charge on any atom is -0.382 e. The number of aromatic nitrogens is 2. The molecule has 4 N–H and O–H groups in total. The van der Waals surface area contributed by atoms with Gasteiger partial charge in [-0.25, -0.2) is 19.2 Å². The second-order valence-corrected chi connectivity index (χ2v) is 8.56. The van der Waals surface area contributed by atoms with Crippen LogP contribution in [-0.4, -0.2) is 47.6 Å². The highest BCUT2D eigenvalue weighted by Gasteiger charge is 2.36. The Hall–Kier alpha value is -2.98. The standard InChI is InChI=1S/C22H29FN6O3/c1-5-24-21(30)28-20-27-18-14(29(20)4)9-13(17(23)16(18)15-7-6-8-32-15)12-10-25-19(26-11-12)22(2,3)31/h9-11,15,20,27,31H,5-8H2,1-4H3,(H2,24,28,30). The van der Waals surface area contributed by atoms with Gasteiger partial charge in [-0.15, -0.1) is 0 Å². The van der Waals surface area contributed by atoms with Crippen LogP contribution in [0.2, 0.25) is 0 Å². The number of anilines is 2. The van der Waals surface area contributed by atoms with E-state index >= 15 is 4.39 Å². The van der Waals surface area contributed by atoms with Crippen LogP contribution in [0.15, 0.2) is 18.5 Å². The van der Waals surface area contributed by atoms with Crippen LogP contribution in [0.5, 0.6) is 0 Å².